The lowest BCUT2D eigenvalue weighted by Gasteiger charge is -1.86. The number of nitrogens with zero attached hydrogens (tertiary/aromatic N) is 1. The third-order valence-corrected chi connectivity index (χ3v) is 1.60. The molecule has 0 aliphatic carbocycles. The van der Waals surface area contributed by atoms with E-state index in [4.69, 9.17) is 1.37 Å². The molecule has 0 atom stereocenters. The van der Waals surface area contributed by atoms with Crippen LogP contribution in [-0.4, -0.2) is 9.97 Å². The molecule has 1 N–H and O–H groups in total. The van der Waals surface area contributed by atoms with Crippen LogP contribution in [0.2, 0.25) is 0 Å². The van der Waals surface area contributed by atoms with Gasteiger partial charge in [0.15, 0.2) is 0 Å². The van der Waals surface area contributed by atoms with Crippen molar-refractivity contribution in [2.45, 2.75) is 6.92 Å². The Bertz CT molecular complexity index is 392. The predicted octanol–water partition coefficient (Wildman–Crippen LogP) is 1.87. The minimum absolute atomic E-state index is 0.459. The second kappa shape index (κ2) is 1.84. The van der Waals surface area contributed by atoms with Crippen LogP contribution in [0, 0.1) is 6.92 Å². The Kier molecular flexibility index (Phi) is 0.826. The molecule has 0 fully saturated rings. The molecule has 0 aromatic carbocycles. The van der Waals surface area contributed by atoms with Gasteiger partial charge in [0.05, 0.1) is 1.37 Å². The van der Waals surface area contributed by atoms with Gasteiger partial charge < -0.3 is 4.98 Å². The van der Waals surface area contributed by atoms with Gasteiger partial charge in [-0.1, -0.05) is 0 Å². The normalized spacial score (nSPS) is 11.9. The van der Waals surface area contributed by atoms with Crippen LogP contribution in [0.5, 0.6) is 0 Å². The van der Waals surface area contributed by atoms with Crippen molar-refractivity contribution in [3.8, 4) is 0 Å². The Morgan fingerprint density at radius 1 is 1.70 bits per heavy atom. The zero-order chi connectivity index (χ0) is 7.84. The number of fused-ring (bicyclic) bond motifs is 1. The highest BCUT2D eigenvalue weighted by Gasteiger charge is 1.95. The summed E-state index contributed by atoms with van der Waals surface area (Å²) in [5.41, 5.74) is 2.00. The van der Waals surface area contributed by atoms with E-state index in [1.807, 2.05) is 19.2 Å². The summed E-state index contributed by atoms with van der Waals surface area (Å²) in [5, 5.41) is 1.04. The molecular formula is C8H8N2. The summed E-state index contributed by atoms with van der Waals surface area (Å²) in [4.78, 5) is 7.08. The van der Waals surface area contributed by atoms with Crippen molar-refractivity contribution in [2.75, 3.05) is 0 Å². The highest BCUT2D eigenvalue weighted by Crippen LogP contribution is 2.12. The quantitative estimate of drug-likeness (QED) is 0.584. The second-order valence-electron chi connectivity index (χ2n) is 2.30. The molecule has 0 amide bonds. The average Bonchev–Trinajstić information content (AvgIpc) is 2.33. The standard InChI is InChI=1S/C8H8N2/c1-6-5-10-8-7(6)3-2-4-9-8/h2-5H,1H3,(H,9,10)/i2D. The first kappa shape index (κ1) is 4.50. The predicted molar refractivity (Wildman–Crippen MR) is 40.8 cm³/mol. The molecule has 0 saturated heterocycles. The molecular weight excluding hydrogens is 124 g/mol. The molecule has 10 heavy (non-hydrogen) atoms. The van der Waals surface area contributed by atoms with E-state index in [9.17, 15) is 0 Å². The van der Waals surface area contributed by atoms with Gasteiger partial charge in [0.2, 0.25) is 0 Å². The highest BCUT2D eigenvalue weighted by atomic mass is 14.8. The first-order chi connectivity index (χ1) is 5.27. The van der Waals surface area contributed by atoms with E-state index in [0.29, 0.717) is 6.04 Å². The molecule has 2 heterocycles. The zero-order valence-corrected chi connectivity index (χ0v) is 5.68. The van der Waals surface area contributed by atoms with Crippen LogP contribution in [0.3, 0.4) is 0 Å². The van der Waals surface area contributed by atoms with Crippen molar-refractivity contribution in [1.29, 1.82) is 0 Å². The van der Waals surface area contributed by atoms with Gasteiger partial charge in [-0.3, -0.25) is 0 Å². The summed E-state index contributed by atoms with van der Waals surface area (Å²) in [5.74, 6) is 0. The fourth-order valence-corrected chi connectivity index (χ4v) is 1.03. The third kappa shape index (κ3) is 0.620. The Labute approximate surface area is 60.3 Å². The average molecular weight is 133 g/mol. The Morgan fingerprint density at radius 2 is 2.60 bits per heavy atom. The highest BCUT2D eigenvalue weighted by molar-refractivity contribution is 5.78. The molecule has 0 unspecified atom stereocenters. The van der Waals surface area contributed by atoms with Crippen LogP contribution in [0.1, 0.15) is 6.93 Å². The van der Waals surface area contributed by atoms with Crippen molar-refractivity contribution in [1.82, 2.24) is 9.97 Å². The monoisotopic (exact) mass is 133 g/mol. The number of aromatic amines is 1. The smallest absolute Gasteiger partial charge is 0.137 e. The van der Waals surface area contributed by atoms with E-state index in [-0.39, 0.29) is 0 Å². The van der Waals surface area contributed by atoms with Crippen LogP contribution >= 0.6 is 0 Å². The van der Waals surface area contributed by atoms with Crippen LogP contribution in [-0.2, 0) is 0 Å². The Morgan fingerprint density at radius 3 is 3.50 bits per heavy atom. The van der Waals surface area contributed by atoms with E-state index in [0.717, 1.165) is 16.6 Å². The van der Waals surface area contributed by atoms with Crippen LogP contribution in [0.15, 0.2) is 24.5 Å². The number of aryl methyl sites for hydroxylation is 1. The fraction of sp³-hybridized carbons (Fsp3) is 0.125. The van der Waals surface area contributed by atoms with Gasteiger partial charge in [-0.25, -0.2) is 4.98 Å². The fourth-order valence-electron chi connectivity index (χ4n) is 1.03. The number of H-pyrrole nitrogens is 1. The summed E-state index contributed by atoms with van der Waals surface area (Å²) < 4.78 is 7.34. The summed E-state index contributed by atoms with van der Waals surface area (Å²) in [6.07, 6.45) is 3.44. The van der Waals surface area contributed by atoms with Gasteiger partial charge in [0, 0.05) is 17.8 Å². The molecule has 2 rings (SSSR count). The maximum Gasteiger partial charge on any atom is 0.137 e. The third-order valence-electron chi connectivity index (χ3n) is 1.60. The van der Waals surface area contributed by atoms with Crippen molar-refractivity contribution in [3.63, 3.8) is 0 Å². The SMILES string of the molecule is [2H]c1cnc2[nH]cc(C)c2c1. The summed E-state index contributed by atoms with van der Waals surface area (Å²) in [6, 6.07) is 2.27. The summed E-state index contributed by atoms with van der Waals surface area (Å²) >= 11 is 0. The van der Waals surface area contributed by atoms with Gasteiger partial charge in [0.25, 0.3) is 0 Å². The summed E-state index contributed by atoms with van der Waals surface area (Å²) in [6.45, 7) is 2.00. The number of nitrogens with one attached hydrogen (secondary N) is 1. The topological polar surface area (TPSA) is 28.7 Å². The zero-order valence-electron chi connectivity index (χ0n) is 6.68. The van der Waals surface area contributed by atoms with Gasteiger partial charge in [-0.15, -0.1) is 0 Å². The van der Waals surface area contributed by atoms with Crippen molar-refractivity contribution >= 4 is 11.0 Å². The van der Waals surface area contributed by atoms with Crippen LogP contribution in [0.25, 0.3) is 11.0 Å². The van der Waals surface area contributed by atoms with E-state index >= 15 is 0 Å². The van der Waals surface area contributed by atoms with Crippen LogP contribution < -0.4 is 0 Å². The molecule has 0 bridgehead atoms. The molecule has 0 radical (unpaired) electrons. The maximum absolute atomic E-state index is 7.34. The lowest BCUT2D eigenvalue weighted by molar-refractivity contribution is 1.32. The molecule has 0 aliphatic heterocycles. The molecule has 0 spiro atoms. The Balaban J connectivity index is 2.87. The van der Waals surface area contributed by atoms with Gasteiger partial charge in [0.1, 0.15) is 5.65 Å². The lowest BCUT2D eigenvalue weighted by Crippen LogP contribution is -1.72. The number of aromatic nitrogens is 2. The number of hydrogen-bond donors (Lipinski definition) is 1. The number of rotatable bonds is 0. The van der Waals surface area contributed by atoms with Gasteiger partial charge >= 0.3 is 0 Å². The molecule has 0 saturated carbocycles. The minimum atomic E-state index is 0.459. The van der Waals surface area contributed by atoms with E-state index in [1.54, 1.807) is 0 Å². The number of hydrogen-bond acceptors (Lipinski definition) is 1. The van der Waals surface area contributed by atoms with E-state index in [2.05, 4.69) is 9.97 Å². The Hall–Kier alpha value is -1.31. The molecule has 2 nitrogen and oxygen atoms in total. The van der Waals surface area contributed by atoms with E-state index in [1.165, 1.54) is 6.20 Å². The first-order valence-corrected chi connectivity index (χ1v) is 3.18. The minimum Gasteiger partial charge on any atom is -0.346 e. The molecule has 2 heteroatoms. The van der Waals surface area contributed by atoms with Crippen LogP contribution in [0.4, 0.5) is 0 Å². The lowest BCUT2D eigenvalue weighted by atomic mass is 10.2. The second-order valence-corrected chi connectivity index (χ2v) is 2.30. The van der Waals surface area contributed by atoms with Gasteiger partial charge in [-0.05, 0) is 24.6 Å². The molecule has 2 aromatic rings. The molecule has 2 aromatic heterocycles. The van der Waals surface area contributed by atoms with Crippen molar-refractivity contribution in [2.24, 2.45) is 0 Å². The van der Waals surface area contributed by atoms with Crippen molar-refractivity contribution < 1.29 is 1.37 Å². The largest absolute Gasteiger partial charge is 0.346 e. The molecule has 50 valence electrons. The van der Waals surface area contributed by atoms with Gasteiger partial charge in [-0.2, -0.15) is 0 Å². The maximum atomic E-state index is 7.34. The molecule has 0 aliphatic rings. The van der Waals surface area contributed by atoms with E-state index < -0.39 is 0 Å². The number of pyridine rings is 1. The first-order valence-electron chi connectivity index (χ1n) is 3.68. The van der Waals surface area contributed by atoms with Crippen molar-refractivity contribution in [3.05, 3.63) is 30.1 Å². The summed E-state index contributed by atoms with van der Waals surface area (Å²) in [7, 11) is 0.